The second kappa shape index (κ2) is 11.9. The van der Waals surface area contributed by atoms with Crippen LogP contribution in [0, 0.1) is 0 Å². The van der Waals surface area contributed by atoms with Crippen LogP contribution in [0.1, 0.15) is 27.0 Å². The molecule has 0 radical (unpaired) electrons. The van der Waals surface area contributed by atoms with Gasteiger partial charge in [-0.25, -0.2) is 0 Å². The Bertz CT molecular complexity index is 1510. The molecule has 38 heavy (non-hydrogen) atoms. The van der Waals surface area contributed by atoms with Gasteiger partial charge in [0.2, 0.25) is 5.75 Å². The van der Waals surface area contributed by atoms with Gasteiger partial charge in [0.15, 0.2) is 17.3 Å². The van der Waals surface area contributed by atoms with Gasteiger partial charge >= 0.3 is 0 Å². The molecule has 0 amide bonds. The van der Waals surface area contributed by atoms with Gasteiger partial charge in [0.1, 0.15) is 5.75 Å². The van der Waals surface area contributed by atoms with E-state index < -0.39 is 0 Å². The molecular formula is C31H30ClNO5. The molecule has 4 aromatic rings. The average molecular weight is 532 g/mol. The summed E-state index contributed by atoms with van der Waals surface area (Å²) in [7, 11) is 8.25. The molecule has 4 rings (SSSR count). The normalized spacial score (nSPS) is 11.4. The Morgan fingerprint density at radius 3 is 2.24 bits per heavy atom. The highest BCUT2D eigenvalue weighted by Gasteiger charge is 2.14. The fourth-order valence-corrected chi connectivity index (χ4v) is 4.65. The highest BCUT2D eigenvalue weighted by Crippen LogP contribution is 2.39. The maximum Gasteiger partial charge on any atom is 0.203 e. The second-order valence-corrected chi connectivity index (χ2v) is 9.03. The standard InChI is InChI=1S/C31H30ClNO5/c1-33-19-24(23-10-6-7-11-26(23)33)27(34)12-8-9-21-18-28(35-2)25(32)17-22(21)14-13-20-15-29(36-3)31(38-5)30(16-20)37-4/h6-8,10-19H,9H2,1-5H3/b12-8-,14-13-. The lowest BCUT2D eigenvalue weighted by Gasteiger charge is -2.13. The van der Waals surface area contributed by atoms with Gasteiger partial charge < -0.3 is 23.5 Å². The lowest BCUT2D eigenvalue weighted by atomic mass is 10.0. The summed E-state index contributed by atoms with van der Waals surface area (Å²) in [5.41, 5.74) is 4.41. The topological polar surface area (TPSA) is 58.9 Å². The number of halogens is 1. The van der Waals surface area contributed by atoms with Crippen molar-refractivity contribution < 1.29 is 23.7 Å². The summed E-state index contributed by atoms with van der Waals surface area (Å²) >= 11 is 6.45. The molecule has 0 fully saturated rings. The van der Waals surface area contributed by atoms with Gasteiger partial charge in [0.05, 0.1) is 33.5 Å². The van der Waals surface area contributed by atoms with E-state index in [1.165, 1.54) is 0 Å². The van der Waals surface area contributed by atoms with Crippen LogP contribution in [-0.2, 0) is 13.5 Å². The number of aryl methyl sites for hydroxylation is 1. The Labute approximate surface area is 227 Å². The van der Waals surface area contributed by atoms with Crippen LogP contribution in [0.4, 0.5) is 0 Å². The number of allylic oxidation sites excluding steroid dienone is 2. The molecule has 0 atom stereocenters. The largest absolute Gasteiger partial charge is 0.495 e. The number of nitrogens with zero attached hydrogens (tertiary/aromatic N) is 1. The van der Waals surface area contributed by atoms with Crippen molar-refractivity contribution in [1.82, 2.24) is 4.57 Å². The van der Waals surface area contributed by atoms with Crippen LogP contribution in [-0.4, -0.2) is 38.8 Å². The van der Waals surface area contributed by atoms with Crippen molar-refractivity contribution in [3.63, 3.8) is 0 Å². The maximum absolute atomic E-state index is 13.0. The number of para-hydroxylation sites is 1. The quantitative estimate of drug-likeness (QED) is 0.125. The van der Waals surface area contributed by atoms with Gasteiger partial charge in [-0.05, 0) is 59.5 Å². The number of fused-ring (bicyclic) bond motifs is 1. The van der Waals surface area contributed by atoms with Crippen LogP contribution in [0.3, 0.4) is 0 Å². The van der Waals surface area contributed by atoms with Gasteiger partial charge in [-0.15, -0.1) is 0 Å². The molecule has 7 heteroatoms. The first kappa shape index (κ1) is 26.9. The molecule has 0 spiro atoms. The molecule has 0 aliphatic rings. The Morgan fingerprint density at radius 2 is 1.58 bits per heavy atom. The van der Waals surface area contributed by atoms with Crippen LogP contribution in [0.5, 0.6) is 23.0 Å². The number of aromatic nitrogens is 1. The predicted octanol–water partition coefficient (Wildman–Crippen LogP) is 7.02. The molecule has 0 aliphatic carbocycles. The number of carbonyl (C=O) groups excluding carboxylic acids is 1. The fourth-order valence-electron chi connectivity index (χ4n) is 4.40. The van der Waals surface area contributed by atoms with Crippen molar-refractivity contribution in [2.24, 2.45) is 7.05 Å². The summed E-state index contributed by atoms with van der Waals surface area (Å²) in [5, 5.41) is 1.43. The Kier molecular flexibility index (Phi) is 8.44. The van der Waals surface area contributed by atoms with Gasteiger partial charge in [-0.2, -0.15) is 0 Å². The minimum atomic E-state index is -0.0442. The van der Waals surface area contributed by atoms with E-state index in [9.17, 15) is 4.79 Å². The third-order valence-electron chi connectivity index (χ3n) is 6.33. The lowest BCUT2D eigenvalue weighted by Crippen LogP contribution is -1.96. The van der Waals surface area contributed by atoms with Crippen LogP contribution >= 0.6 is 11.6 Å². The number of ketones is 1. The molecule has 3 aromatic carbocycles. The van der Waals surface area contributed by atoms with Crippen LogP contribution in [0.25, 0.3) is 23.1 Å². The van der Waals surface area contributed by atoms with E-state index in [0.717, 1.165) is 27.6 Å². The molecule has 1 aromatic heterocycles. The summed E-state index contributed by atoms with van der Waals surface area (Å²) < 4.78 is 23.8. The molecule has 6 nitrogen and oxygen atoms in total. The van der Waals surface area contributed by atoms with E-state index in [4.69, 9.17) is 30.5 Å². The van der Waals surface area contributed by atoms with Crippen molar-refractivity contribution in [2.75, 3.05) is 28.4 Å². The van der Waals surface area contributed by atoms with Crippen LogP contribution in [0.15, 0.2) is 66.9 Å². The summed E-state index contributed by atoms with van der Waals surface area (Å²) in [6.07, 6.45) is 9.77. The monoisotopic (exact) mass is 531 g/mol. The van der Waals surface area contributed by atoms with Crippen molar-refractivity contribution >= 4 is 40.4 Å². The van der Waals surface area contributed by atoms with Gasteiger partial charge in [-0.3, -0.25) is 4.79 Å². The molecule has 196 valence electrons. The zero-order chi connectivity index (χ0) is 27.2. The van der Waals surface area contributed by atoms with E-state index in [0.29, 0.717) is 40.0 Å². The molecule has 0 bridgehead atoms. The number of carbonyl (C=O) groups is 1. The predicted molar refractivity (Wildman–Crippen MR) is 153 cm³/mol. The Morgan fingerprint density at radius 1 is 0.895 bits per heavy atom. The Balaban J connectivity index is 1.63. The number of rotatable bonds is 10. The van der Waals surface area contributed by atoms with Crippen molar-refractivity contribution in [3.05, 3.63) is 94.2 Å². The SMILES string of the molecule is COc1cc(C/C=C\C(=O)c2cn(C)c3ccccc23)c(/C=C\c2cc(OC)c(OC)c(OC)c2)cc1Cl. The molecule has 0 saturated heterocycles. The first-order chi connectivity index (χ1) is 18.4. The average Bonchev–Trinajstić information content (AvgIpc) is 3.28. The highest BCUT2D eigenvalue weighted by atomic mass is 35.5. The summed E-state index contributed by atoms with van der Waals surface area (Å²) in [6.45, 7) is 0. The summed E-state index contributed by atoms with van der Waals surface area (Å²) in [6, 6.07) is 15.4. The summed E-state index contributed by atoms with van der Waals surface area (Å²) in [4.78, 5) is 13.0. The van der Waals surface area contributed by atoms with Crippen LogP contribution < -0.4 is 18.9 Å². The van der Waals surface area contributed by atoms with Gasteiger partial charge in [0.25, 0.3) is 0 Å². The number of hydrogen-bond donors (Lipinski definition) is 0. The fraction of sp³-hybridized carbons (Fsp3) is 0.194. The van der Waals surface area contributed by atoms with E-state index in [1.54, 1.807) is 34.5 Å². The van der Waals surface area contributed by atoms with Crippen molar-refractivity contribution in [3.8, 4) is 23.0 Å². The molecule has 0 saturated carbocycles. The smallest absolute Gasteiger partial charge is 0.203 e. The van der Waals surface area contributed by atoms with Crippen molar-refractivity contribution in [2.45, 2.75) is 6.42 Å². The molecule has 0 aliphatic heterocycles. The Hall–Kier alpha value is -4.16. The number of benzene rings is 3. The minimum Gasteiger partial charge on any atom is -0.495 e. The third kappa shape index (κ3) is 5.55. The first-order valence-electron chi connectivity index (χ1n) is 12.0. The minimum absolute atomic E-state index is 0.0442. The van der Waals surface area contributed by atoms with E-state index in [-0.39, 0.29) is 5.78 Å². The number of hydrogen-bond acceptors (Lipinski definition) is 5. The zero-order valence-electron chi connectivity index (χ0n) is 22.1. The molecule has 1 heterocycles. The van der Waals surface area contributed by atoms with Crippen molar-refractivity contribution in [1.29, 1.82) is 0 Å². The van der Waals surface area contributed by atoms with Crippen LogP contribution in [0.2, 0.25) is 5.02 Å². The molecule has 0 N–H and O–H groups in total. The first-order valence-corrected chi connectivity index (χ1v) is 12.4. The zero-order valence-corrected chi connectivity index (χ0v) is 22.8. The summed E-state index contributed by atoms with van der Waals surface area (Å²) in [5.74, 6) is 2.18. The van der Waals surface area contributed by atoms with Gasteiger partial charge in [0, 0.05) is 29.7 Å². The van der Waals surface area contributed by atoms with E-state index >= 15 is 0 Å². The maximum atomic E-state index is 13.0. The van der Waals surface area contributed by atoms with E-state index in [2.05, 4.69) is 0 Å². The molecule has 0 unspecified atom stereocenters. The van der Waals surface area contributed by atoms with Gasteiger partial charge in [-0.1, -0.05) is 48.0 Å². The highest BCUT2D eigenvalue weighted by molar-refractivity contribution is 6.32. The second-order valence-electron chi connectivity index (χ2n) is 8.62. The number of ether oxygens (including phenoxy) is 4. The lowest BCUT2D eigenvalue weighted by molar-refractivity contribution is 0.104. The number of methoxy groups -OCH3 is 4. The third-order valence-corrected chi connectivity index (χ3v) is 6.62. The molecular weight excluding hydrogens is 502 g/mol. The van der Waals surface area contributed by atoms with E-state index in [1.807, 2.05) is 84.6 Å².